The number of amides is 1. The van der Waals surface area contributed by atoms with Gasteiger partial charge in [-0.3, -0.25) is 4.79 Å². The fourth-order valence-electron chi connectivity index (χ4n) is 3.17. The van der Waals surface area contributed by atoms with Crippen molar-refractivity contribution in [3.05, 3.63) is 59.5 Å². The summed E-state index contributed by atoms with van der Waals surface area (Å²) in [5.74, 6) is 2.47. The minimum Gasteiger partial charge on any atom is -0.454 e. The lowest BCUT2D eigenvalue weighted by molar-refractivity contribution is -0.130. The molecule has 0 aliphatic carbocycles. The molecule has 0 unspecified atom stereocenters. The van der Waals surface area contributed by atoms with Gasteiger partial charge in [0.1, 0.15) is 0 Å². The van der Waals surface area contributed by atoms with Crippen LogP contribution in [-0.4, -0.2) is 34.8 Å². The third-order valence-corrected chi connectivity index (χ3v) is 4.92. The van der Waals surface area contributed by atoms with E-state index in [1.165, 1.54) is 5.56 Å². The molecule has 0 bridgehead atoms. The zero-order valence-corrected chi connectivity index (χ0v) is 16.6. The number of nitrogens with zero attached hydrogens (tertiary/aromatic N) is 3. The van der Waals surface area contributed by atoms with Crippen LogP contribution in [0.5, 0.6) is 11.5 Å². The molecule has 0 spiro atoms. The van der Waals surface area contributed by atoms with Gasteiger partial charge in [0.2, 0.25) is 24.4 Å². The number of hydrogen-bond acceptors (Lipinski definition) is 6. The summed E-state index contributed by atoms with van der Waals surface area (Å²) < 4.78 is 16.0. The molecule has 0 N–H and O–H groups in total. The molecular weight excluding hydrogens is 370 g/mol. The van der Waals surface area contributed by atoms with E-state index >= 15 is 0 Å². The number of benzene rings is 2. The van der Waals surface area contributed by atoms with Crippen LogP contribution in [0.2, 0.25) is 0 Å². The number of hydrogen-bond donors (Lipinski definition) is 0. The summed E-state index contributed by atoms with van der Waals surface area (Å²) in [4.78, 5) is 18.6. The predicted octanol–water partition coefficient (Wildman–Crippen LogP) is 3.62. The van der Waals surface area contributed by atoms with Gasteiger partial charge in [-0.15, -0.1) is 0 Å². The van der Waals surface area contributed by atoms with E-state index < -0.39 is 0 Å². The van der Waals surface area contributed by atoms with E-state index in [2.05, 4.69) is 29.2 Å². The molecule has 3 aromatic rings. The largest absolute Gasteiger partial charge is 0.454 e. The minimum atomic E-state index is 0.00900. The molecule has 7 nitrogen and oxygen atoms in total. The summed E-state index contributed by atoms with van der Waals surface area (Å²) in [5, 5.41) is 4.03. The Bertz CT molecular complexity index is 998. The van der Waals surface area contributed by atoms with E-state index in [-0.39, 0.29) is 12.7 Å². The molecule has 1 aliphatic heterocycles. The van der Waals surface area contributed by atoms with Crippen molar-refractivity contribution in [3.63, 3.8) is 0 Å². The summed E-state index contributed by atoms with van der Waals surface area (Å²) in [6, 6.07) is 13.8. The average molecular weight is 393 g/mol. The van der Waals surface area contributed by atoms with Gasteiger partial charge >= 0.3 is 0 Å². The van der Waals surface area contributed by atoms with Gasteiger partial charge in [0.05, 0.1) is 0 Å². The van der Waals surface area contributed by atoms with Crippen LogP contribution in [-0.2, 0) is 24.2 Å². The number of carbonyl (C=O) groups excluding carboxylic acids is 1. The van der Waals surface area contributed by atoms with Crippen LogP contribution in [0, 0.1) is 0 Å². The van der Waals surface area contributed by atoms with E-state index in [1.54, 1.807) is 11.9 Å². The Labute approximate surface area is 169 Å². The van der Waals surface area contributed by atoms with E-state index in [0.717, 1.165) is 23.3 Å². The first-order valence-corrected chi connectivity index (χ1v) is 9.67. The second kappa shape index (κ2) is 8.34. The van der Waals surface area contributed by atoms with Gasteiger partial charge in [0.15, 0.2) is 11.5 Å². The Morgan fingerprint density at radius 2 is 1.83 bits per heavy atom. The summed E-state index contributed by atoms with van der Waals surface area (Å²) in [6.45, 7) is 2.85. The molecule has 0 saturated heterocycles. The lowest BCUT2D eigenvalue weighted by atomic mass is 10.1. The summed E-state index contributed by atoms with van der Waals surface area (Å²) >= 11 is 0. The van der Waals surface area contributed by atoms with Crippen LogP contribution in [0.25, 0.3) is 11.4 Å². The van der Waals surface area contributed by atoms with Crippen molar-refractivity contribution in [2.45, 2.75) is 32.7 Å². The number of rotatable bonds is 7. The maximum Gasteiger partial charge on any atom is 0.231 e. The Morgan fingerprint density at radius 1 is 1.07 bits per heavy atom. The second-order valence-corrected chi connectivity index (χ2v) is 7.00. The van der Waals surface area contributed by atoms with Crippen LogP contribution in [0.4, 0.5) is 0 Å². The minimum absolute atomic E-state index is 0.00900. The van der Waals surface area contributed by atoms with Crippen molar-refractivity contribution in [2.24, 2.45) is 0 Å². The molecule has 1 amide bonds. The zero-order chi connectivity index (χ0) is 20.2. The van der Waals surface area contributed by atoms with Crippen LogP contribution in [0.15, 0.2) is 47.0 Å². The summed E-state index contributed by atoms with van der Waals surface area (Å²) in [5.41, 5.74) is 3.15. The van der Waals surface area contributed by atoms with Crippen molar-refractivity contribution in [2.75, 3.05) is 13.8 Å². The van der Waals surface area contributed by atoms with E-state index in [0.29, 0.717) is 36.9 Å². The van der Waals surface area contributed by atoms with E-state index in [9.17, 15) is 4.79 Å². The average Bonchev–Trinajstić information content (AvgIpc) is 3.41. The van der Waals surface area contributed by atoms with Crippen molar-refractivity contribution < 1.29 is 18.8 Å². The maximum absolute atomic E-state index is 12.5. The van der Waals surface area contributed by atoms with Gasteiger partial charge in [-0.1, -0.05) is 42.4 Å². The molecule has 4 rings (SSSR count). The predicted molar refractivity (Wildman–Crippen MR) is 106 cm³/mol. The van der Waals surface area contributed by atoms with Crippen LogP contribution >= 0.6 is 0 Å². The number of aryl methyl sites for hydroxylation is 2. The Kier molecular flexibility index (Phi) is 5.46. The number of fused-ring (bicyclic) bond motifs is 1. The highest BCUT2D eigenvalue weighted by Crippen LogP contribution is 2.32. The smallest absolute Gasteiger partial charge is 0.231 e. The molecule has 0 atom stereocenters. The molecule has 29 heavy (non-hydrogen) atoms. The van der Waals surface area contributed by atoms with Gasteiger partial charge in [-0.25, -0.2) is 0 Å². The van der Waals surface area contributed by atoms with Crippen molar-refractivity contribution >= 4 is 5.91 Å². The third-order valence-electron chi connectivity index (χ3n) is 4.92. The Morgan fingerprint density at radius 3 is 2.62 bits per heavy atom. The molecule has 2 heterocycles. The molecule has 150 valence electrons. The lowest BCUT2D eigenvalue weighted by Crippen LogP contribution is -2.26. The van der Waals surface area contributed by atoms with Crippen molar-refractivity contribution in [3.8, 4) is 22.9 Å². The highest BCUT2D eigenvalue weighted by molar-refractivity contribution is 5.76. The molecule has 1 aliphatic rings. The first-order chi connectivity index (χ1) is 14.1. The molecular formula is C22H23N3O4. The highest BCUT2D eigenvalue weighted by atomic mass is 16.7. The monoisotopic (exact) mass is 393 g/mol. The maximum atomic E-state index is 12.5. The standard InChI is InChI=1S/C22H23N3O4/c1-3-15-4-7-17(8-5-15)22-23-20(29-24-22)10-11-21(26)25(2)13-16-6-9-18-19(12-16)28-14-27-18/h4-9,12H,3,10-11,13-14H2,1-2H3. The van der Waals surface area contributed by atoms with Crippen LogP contribution < -0.4 is 9.47 Å². The highest BCUT2D eigenvalue weighted by Gasteiger charge is 2.16. The van der Waals surface area contributed by atoms with Crippen molar-refractivity contribution in [1.82, 2.24) is 15.0 Å². The van der Waals surface area contributed by atoms with E-state index in [1.807, 2.05) is 30.3 Å². The van der Waals surface area contributed by atoms with Crippen LogP contribution in [0.1, 0.15) is 30.4 Å². The van der Waals surface area contributed by atoms with Gasteiger partial charge < -0.3 is 18.9 Å². The number of carbonyl (C=O) groups is 1. The summed E-state index contributed by atoms with van der Waals surface area (Å²) in [6.07, 6.45) is 1.70. The first kappa shape index (κ1) is 19.0. The van der Waals surface area contributed by atoms with Gasteiger partial charge in [-0.2, -0.15) is 4.98 Å². The van der Waals surface area contributed by atoms with Crippen molar-refractivity contribution in [1.29, 1.82) is 0 Å². The Balaban J connectivity index is 1.31. The fraction of sp³-hybridized carbons (Fsp3) is 0.318. The van der Waals surface area contributed by atoms with Gasteiger partial charge in [0, 0.05) is 32.0 Å². The SMILES string of the molecule is CCc1ccc(-c2noc(CCC(=O)N(C)Cc3ccc4c(c3)OCO4)n2)cc1. The second-order valence-electron chi connectivity index (χ2n) is 7.00. The van der Waals surface area contributed by atoms with Gasteiger partial charge in [-0.05, 0) is 29.7 Å². The molecule has 1 aromatic heterocycles. The van der Waals surface area contributed by atoms with E-state index in [4.69, 9.17) is 14.0 Å². The number of ether oxygens (including phenoxy) is 2. The summed E-state index contributed by atoms with van der Waals surface area (Å²) in [7, 11) is 1.78. The molecule has 0 radical (unpaired) electrons. The third kappa shape index (κ3) is 4.39. The topological polar surface area (TPSA) is 77.7 Å². The van der Waals surface area contributed by atoms with Crippen LogP contribution in [0.3, 0.4) is 0 Å². The molecule has 7 heteroatoms. The quantitative estimate of drug-likeness (QED) is 0.610. The normalized spacial score (nSPS) is 12.2. The molecule has 2 aromatic carbocycles. The number of aromatic nitrogens is 2. The lowest BCUT2D eigenvalue weighted by Gasteiger charge is -2.17. The molecule has 0 saturated carbocycles. The zero-order valence-electron chi connectivity index (χ0n) is 16.6. The first-order valence-electron chi connectivity index (χ1n) is 9.67. The fourth-order valence-corrected chi connectivity index (χ4v) is 3.17. The van der Waals surface area contributed by atoms with Gasteiger partial charge in [0.25, 0.3) is 0 Å². The Hall–Kier alpha value is -3.35. The molecule has 0 fully saturated rings.